The van der Waals surface area contributed by atoms with E-state index >= 15 is 0 Å². The summed E-state index contributed by atoms with van der Waals surface area (Å²) in [6, 6.07) is 7.18. The Labute approximate surface area is 214 Å². The van der Waals surface area contributed by atoms with Crippen LogP contribution in [0.4, 0.5) is 9.59 Å². The number of likely N-dealkylation sites (N-methyl/N-ethyl adjacent to an activating group) is 1. The fourth-order valence-corrected chi connectivity index (χ4v) is 4.48. The molecular formula is C27H41N5O4. The van der Waals surface area contributed by atoms with Crippen molar-refractivity contribution in [1.82, 2.24) is 25.3 Å². The summed E-state index contributed by atoms with van der Waals surface area (Å²) < 4.78 is 5.45. The minimum Gasteiger partial charge on any atom is -0.463 e. The van der Waals surface area contributed by atoms with Crippen LogP contribution in [0.5, 0.6) is 0 Å². The molecule has 1 aromatic carbocycles. The van der Waals surface area contributed by atoms with Crippen molar-refractivity contribution < 1.29 is 19.1 Å². The van der Waals surface area contributed by atoms with Gasteiger partial charge in [0, 0.05) is 51.5 Å². The first-order chi connectivity index (χ1) is 16.9. The normalized spacial score (nSPS) is 19.4. The Bertz CT molecular complexity index is 988. The van der Waals surface area contributed by atoms with E-state index in [2.05, 4.69) is 36.3 Å². The van der Waals surface area contributed by atoms with Gasteiger partial charge in [-0.2, -0.15) is 0 Å². The van der Waals surface area contributed by atoms with Crippen molar-refractivity contribution in [2.24, 2.45) is 0 Å². The van der Waals surface area contributed by atoms with Crippen molar-refractivity contribution in [3.8, 4) is 0 Å². The molecule has 0 aliphatic carbocycles. The number of piperazine rings is 1. The van der Waals surface area contributed by atoms with Crippen LogP contribution in [0.3, 0.4) is 0 Å². The molecule has 9 nitrogen and oxygen atoms in total. The summed E-state index contributed by atoms with van der Waals surface area (Å²) in [6.45, 7) is 15.2. The lowest BCUT2D eigenvalue weighted by Gasteiger charge is -2.39. The van der Waals surface area contributed by atoms with Gasteiger partial charge < -0.3 is 20.3 Å². The highest BCUT2D eigenvalue weighted by Gasteiger charge is 2.38. The van der Waals surface area contributed by atoms with Gasteiger partial charge in [0.2, 0.25) is 0 Å². The summed E-state index contributed by atoms with van der Waals surface area (Å²) in [6.07, 6.45) is 0. The molecule has 3 rings (SSSR count). The second-order valence-corrected chi connectivity index (χ2v) is 10.8. The first-order valence-corrected chi connectivity index (χ1v) is 12.7. The number of benzene rings is 1. The van der Waals surface area contributed by atoms with Gasteiger partial charge in [-0.15, -0.1) is 0 Å². The molecule has 9 heteroatoms. The molecule has 1 atom stereocenters. The van der Waals surface area contributed by atoms with Gasteiger partial charge in [-0.1, -0.05) is 45.0 Å². The minimum atomic E-state index is -0.602. The molecule has 2 heterocycles. The average Bonchev–Trinajstić information content (AvgIpc) is 2.81. The molecule has 0 spiro atoms. The van der Waals surface area contributed by atoms with Crippen molar-refractivity contribution in [3.63, 3.8) is 0 Å². The average molecular weight is 500 g/mol. The molecule has 2 aliphatic rings. The smallest absolute Gasteiger partial charge is 0.338 e. The summed E-state index contributed by atoms with van der Waals surface area (Å²) >= 11 is 0. The lowest BCUT2D eigenvalue weighted by Crippen LogP contribution is -2.55. The van der Waals surface area contributed by atoms with E-state index in [-0.39, 0.29) is 30.1 Å². The Kier molecular flexibility index (Phi) is 8.66. The monoisotopic (exact) mass is 499 g/mol. The third-order valence-corrected chi connectivity index (χ3v) is 6.63. The molecule has 0 radical (unpaired) electrons. The predicted molar refractivity (Wildman–Crippen MR) is 140 cm³/mol. The minimum absolute atomic E-state index is 0.00620. The first-order valence-electron chi connectivity index (χ1n) is 12.7. The van der Waals surface area contributed by atoms with Crippen LogP contribution in [-0.2, 0) is 14.9 Å². The van der Waals surface area contributed by atoms with E-state index in [0.29, 0.717) is 44.0 Å². The van der Waals surface area contributed by atoms with E-state index in [0.717, 1.165) is 5.56 Å². The quantitative estimate of drug-likeness (QED) is 0.586. The molecule has 0 aromatic heterocycles. The van der Waals surface area contributed by atoms with Gasteiger partial charge in [0.1, 0.15) is 0 Å². The zero-order valence-electron chi connectivity index (χ0n) is 22.7. The summed E-state index contributed by atoms with van der Waals surface area (Å²) in [5.74, 6) is -0.431. The fraction of sp³-hybridized carbons (Fsp3) is 0.593. The largest absolute Gasteiger partial charge is 0.463 e. The SMILES string of the molecule is CCOC(=O)C1=C(CN2CCN(C(=O)NC(C)C)CC2)N(C)C(=O)NC1c1ccc(C(C)(C)C)cc1. The highest BCUT2D eigenvalue weighted by molar-refractivity contribution is 5.95. The summed E-state index contributed by atoms with van der Waals surface area (Å²) in [7, 11) is 1.68. The third kappa shape index (κ3) is 6.37. The standard InChI is InChI=1S/C27H41N5O4/c1-8-36-24(33)22-21(17-31-13-15-32(16-14-31)26(35)28-18(2)3)30(7)25(34)29-23(22)19-9-11-20(12-10-19)27(4,5)6/h9-12,18,23H,8,13-17H2,1-7H3,(H,28,35)(H,29,34). The topological polar surface area (TPSA) is 94.2 Å². The van der Waals surface area contributed by atoms with Gasteiger partial charge in [-0.05, 0) is 37.3 Å². The van der Waals surface area contributed by atoms with Gasteiger partial charge in [-0.3, -0.25) is 9.80 Å². The maximum atomic E-state index is 13.2. The molecule has 198 valence electrons. The number of carbonyl (C=O) groups is 3. The van der Waals surface area contributed by atoms with Crippen molar-refractivity contribution >= 4 is 18.0 Å². The molecule has 1 fully saturated rings. The first kappa shape index (κ1) is 27.5. The Morgan fingerprint density at radius 3 is 2.25 bits per heavy atom. The maximum absolute atomic E-state index is 13.2. The van der Waals surface area contributed by atoms with Crippen LogP contribution in [0.25, 0.3) is 0 Å². The molecule has 0 bridgehead atoms. The zero-order chi connectivity index (χ0) is 26.6. The van der Waals surface area contributed by atoms with E-state index in [1.54, 1.807) is 18.9 Å². The zero-order valence-corrected chi connectivity index (χ0v) is 22.7. The van der Waals surface area contributed by atoms with Crippen molar-refractivity contribution in [3.05, 3.63) is 46.7 Å². The van der Waals surface area contributed by atoms with Crippen molar-refractivity contribution in [2.45, 2.75) is 59.0 Å². The number of rotatable bonds is 6. The summed E-state index contributed by atoms with van der Waals surface area (Å²) in [5, 5.41) is 5.92. The number of esters is 1. The van der Waals surface area contributed by atoms with Gasteiger partial charge in [0.05, 0.1) is 18.2 Å². The van der Waals surface area contributed by atoms with E-state index < -0.39 is 12.0 Å². The maximum Gasteiger partial charge on any atom is 0.338 e. The van der Waals surface area contributed by atoms with E-state index in [1.165, 1.54) is 10.5 Å². The van der Waals surface area contributed by atoms with Gasteiger partial charge in [-0.25, -0.2) is 14.4 Å². The molecule has 1 saturated heterocycles. The lowest BCUT2D eigenvalue weighted by molar-refractivity contribution is -0.139. The number of hydrogen-bond donors (Lipinski definition) is 2. The van der Waals surface area contributed by atoms with Gasteiger partial charge in [0.15, 0.2) is 0 Å². The molecule has 1 unspecified atom stereocenters. The number of amides is 4. The van der Waals surface area contributed by atoms with Crippen molar-refractivity contribution in [2.75, 3.05) is 46.4 Å². The van der Waals surface area contributed by atoms with Crippen LogP contribution in [0.2, 0.25) is 0 Å². The van der Waals surface area contributed by atoms with E-state index in [9.17, 15) is 14.4 Å². The Morgan fingerprint density at radius 2 is 1.72 bits per heavy atom. The third-order valence-electron chi connectivity index (χ3n) is 6.63. The molecule has 2 aliphatic heterocycles. The van der Waals surface area contributed by atoms with Crippen LogP contribution < -0.4 is 10.6 Å². The van der Waals surface area contributed by atoms with Crippen LogP contribution in [-0.4, -0.2) is 85.2 Å². The van der Waals surface area contributed by atoms with E-state index in [1.807, 2.05) is 38.1 Å². The second kappa shape index (κ2) is 11.3. The summed E-state index contributed by atoms with van der Waals surface area (Å²) in [5.41, 5.74) is 3.07. The number of nitrogens with zero attached hydrogens (tertiary/aromatic N) is 3. The second-order valence-electron chi connectivity index (χ2n) is 10.8. The number of ether oxygens (including phenoxy) is 1. The number of hydrogen-bond acceptors (Lipinski definition) is 5. The highest BCUT2D eigenvalue weighted by atomic mass is 16.5. The number of urea groups is 2. The molecular weight excluding hydrogens is 458 g/mol. The predicted octanol–water partition coefficient (Wildman–Crippen LogP) is 3.23. The molecule has 36 heavy (non-hydrogen) atoms. The summed E-state index contributed by atoms with van der Waals surface area (Å²) in [4.78, 5) is 44.0. The van der Waals surface area contributed by atoms with Crippen LogP contribution in [0.15, 0.2) is 35.5 Å². The number of nitrogens with one attached hydrogen (secondary N) is 2. The molecule has 4 amide bonds. The van der Waals surface area contributed by atoms with Crippen molar-refractivity contribution in [1.29, 1.82) is 0 Å². The fourth-order valence-electron chi connectivity index (χ4n) is 4.48. The van der Waals surface area contributed by atoms with E-state index in [4.69, 9.17) is 4.74 Å². The lowest BCUT2D eigenvalue weighted by atomic mass is 9.85. The Hall–Kier alpha value is -3.07. The molecule has 1 aromatic rings. The highest BCUT2D eigenvalue weighted by Crippen LogP contribution is 2.33. The van der Waals surface area contributed by atoms with Gasteiger partial charge in [0.25, 0.3) is 0 Å². The van der Waals surface area contributed by atoms with Gasteiger partial charge >= 0.3 is 18.0 Å². The van der Waals surface area contributed by atoms with Crippen LogP contribution >= 0.6 is 0 Å². The van der Waals surface area contributed by atoms with Crippen LogP contribution in [0, 0.1) is 0 Å². The molecule has 2 N–H and O–H groups in total. The Morgan fingerprint density at radius 1 is 1.11 bits per heavy atom. The molecule has 0 saturated carbocycles. The van der Waals surface area contributed by atoms with Crippen LogP contribution in [0.1, 0.15) is 58.7 Å². The number of carbonyl (C=O) groups excluding carboxylic acids is 3. The Balaban J connectivity index is 1.89.